The van der Waals surface area contributed by atoms with E-state index in [0.29, 0.717) is 56.6 Å². The molecule has 0 aliphatic carbocycles. The summed E-state index contributed by atoms with van der Waals surface area (Å²) in [5, 5.41) is 1.73. The average Bonchev–Trinajstić information content (AvgIpc) is 3.65. The van der Waals surface area contributed by atoms with Gasteiger partial charge >= 0.3 is 12.1 Å². The lowest BCUT2D eigenvalue weighted by Crippen LogP contribution is -2.40. The van der Waals surface area contributed by atoms with E-state index in [1.165, 1.54) is 6.07 Å². The van der Waals surface area contributed by atoms with Crippen LogP contribution >= 0.6 is 11.6 Å². The summed E-state index contributed by atoms with van der Waals surface area (Å²) >= 11 is 6.51. The van der Waals surface area contributed by atoms with Crippen molar-refractivity contribution in [3.8, 4) is 6.01 Å². The highest BCUT2D eigenvalue weighted by molar-refractivity contribution is 6.36. The first-order valence-electron chi connectivity index (χ1n) is 15.5. The van der Waals surface area contributed by atoms with E-state index in [0.717, 1.165) is 54.0 Å². The maximum Gasteiger partial charge on any atom is 0.410 e. The van der Waals surface area contributed by atoms with Crippen molar-refractivity contribution in [2.24, 2.45) is 0 Å². The highest BCUT2D eigenvalue weighted by Crippen LogP contribution is 2.38. The summed E-state index contributed by atoms with van der Waals surface area (Å²) in [6.07, 6.45) is 3.46. The van der Waals surface area contributed by atoms with E-state index in [-0.39, 0.29) is 17.2 Å². The van der Waals surface area contributed by atoms with Crippen LogP contribution in [0.1, 0.15) is 51.3 Å². The number of hydrogen-bond donors (Lipinski definition) is 0. The molecule has 1 aromatic heterocycles. The van der Waals surface area contributed by atoms with Crippen molar-refractivity contribution in [1.82, 2.24) is 19.8 Å². The number of amides is 1. The summed E-state index contributed by atoms with van der Waals surface area (Å²) in [7, 11) is 4.17. The molecule has 0 unspecified atom stereocenters. The van der Waals surface area contributed by atoms with Crippen molar-refractivity contribution < 1.29 is 18.7 Å². The van der Waals surface area contributed by atoms with Gasteiger partial charge in [-0.2, -0.15) is 9.97 Å². The van der Waals surface area contributed by atoms with E-state index in [1.807, 2.05) is 46.0 Å². The standard InChI is InChI=1S/C33H42ClFN6O3/c1-33(2,3)44-32(42)41-16-13-22(18-41)39(5)30-24-14-17-40(27-10-6-8-21-11-12-25(35)29(34)28(21)27)19-26(24)36-31(37-30)43-20-23-9-7-15-38(23)4/h6,8,10-12,22-23H,7,9,13-20H2,1-5H3/t22-,23+/m1/s1. The summed E-state index contributed by atoms with van der Waals surface area (Å²) in [4.78, 5) is 31.2. The Hall–Kier alpha value is -3.37. The molecule has 44 heavy (non-hydrogen) atoms. The van der Waals surface area contributed by atoms with Crippen LogP contribution in [0.3, 0.4) is 0 Å². The predicted molar refractivity (Wildman–Crippen MR) is 171 cm³/mol. The van der Waals surface area contributed by atoms with Gasteiger partial charge in [-0.15, -0.1) is 0 Å². The normalized spacial score (nSPS) is 20.7. The molecule has 2 atom stereocenters. The number of carbonyl (C=O) groups is 1. The summed E-state index contributed by atoms with van der Waals surface area (Å²) in [6.45, 7) is 9.63. The number of benzene rings is 2. The van der Waals surface area contributed by atoms with Gasteiger partial charge in [0.15, 0.2) is 0 Å². The van der Waals surface area contributed by atoms with Crippen LogP contribution in [0.15, 0.2) is 30.3 Å². The monoisotopic (exact) mass is 624 g/mol. The minimum Gasteiger partial charge on any atom is -0.462 e. The third-order valence-electron chi connectivity index (χ3n) is 9.05. The van der Waals surface area contributed by atoms with Gasteiger partial charge in [0.2, 0.25) is 0 Å². The third-order valence-corrected chi connectivity index (χ3v) is 9.42. The van der Waals surface area contributed by atoms with Crippen molar-refractivity contribution >= 4 is 40.0 Å². The number of hydrogen-bond acceptors (Lipinski definition) is 8. The lowest BCUT2D eigenvalue weighted by atomic mass is 10.0. The molecule has 0 bridgehead atoms. The topological polar surface area (TPSA) is 74.3 Å². The third kappa shape index (κ3) is 6.24. The highest BCUT2D eigenvalue weighted by atomic mass is 35.5. The van der Waals surface area contributed by atoms with Crippen LogP contribution in [0.2, 0.25) is 5.02 Å². The minimum atomic E-state index is -0.543. The van der Waals surface area contributed by atoms with Crippen LogP contribution < -0.4 is 14.5 Å². The quantitative estimate of drug-likeness (QED) is 0.336. The second-order valence-electron chi connectivity index (χ2n) is 13.2. The molecule has 236 valence electrons. The molecule has 3 aromatic rings. The van der Waals surface area contributed by atoms with Gasteiger partial charge < -0.3 is 29.1 Å². The number of rotatable bonds is 6. The van der Waals surface area contributed by atoms with Crippen molar-refractivity contribution in [2.75, 3.05) is 56.7 Å². The molecule has 2 fully saturated rings. The fourth-order valence-electron chi connectivity index (χ4n) is 6.59. The van der Waals surface area contributed by atoms with Crippen molar-refractivity contribution in [2.45, 2.75) is 70.7 Å². The van der Waals surface area contributed by atoms with E-state index in [9.17, 15) is 9.18 Å². The molecule has 0 saturated carbocycles. The molecule has 3 aliphatic rings. The fraction of sp³-hybridized carbons (Fsp3) is 0.545. The van der Waals surface area contributed by atoms with Crippen molar-refractivity contribution in [1.29, 1.82) is 0 Å². The van der Waals surface area contributed by atoms with Crippen LogP contribution in [-0.2, 0) is 17.7 Å². The molecule has 3 aliphatic heterocycles. The summed E-state index contributed by atoms with van der Waals surface area (Å²) in [5.41, 5.74) is 2.29. The number of aromatic nitrogens is 2. The van der Waals surface area contributed by atoms with Crippen LogP contribution in [-0.4, -0.2) is 90.4 Å². The van der Waals surface area contributed by atoms with Gasteiger partial charge in [-0.25, -0.2) is 9.18 Å². The molecule has 6 rings (SSSR count). The first-order chi connectivity index (χ1) is 21.0. The zero-order valence-corrected chi connectivity index (χ0v) is 27.0. The Morgan fingerprint density at radius 1 is 1.14 bits per heavy atom. The van der Waals surface area contributed by atoms with Crippen LogP contribution in [0, 0.1) is 5.82 Å². The second-order valence-corrected chi connectivity index (χ2v) is 13.6. The fourth-order valence-corrected chi connectivity index (χ4v) is 6.86. The Morgan fingerprint density at radius 3 is 2.70 bits per heavy atom. The van der Waals surface area contributed by atoms with Crippen LogP contribution in [0.25, 0.3) is 10.8 Å². The van der Waals surface area contributed by atoms with Crippen molar-refractivity contribution in [3.63, 3.8) is 0 Å². The molecule has 0 N–H and O–H groups in total. The number of nitrogens with zero attached hydrogens (tertiary/aromatic N) is 6. The van der Waals surface area contributed by atoms with Crippen LogP contribution in [0.4, 0.5) is 20.7 Å². The Kier molecular flexibility index (Phi) is 8.50. The Bertz CT molecular complexity index is 1550. The number of anilines is 2. The number of fused-ring (bicyclic) bond motifs is 2. The van der Waals surface area contributed by atoms with E-state index >= 15 is 0 Å². The largest absolute Gasteiger partial charge is 0.462 e. The molecule has 11 heteroatoms. The average molecular weight is 625 g/mol. The lowest BCUT2D eigenvalue weighted by molar-refractivity contribution is 0.0292. The van der Waals surface area contributed by atoms with Gasteiger partial charge in [0.05, 0.1) is 17.3 Å². The maximum absolute atomic E-state index is 14.5. The Morgan fingerprint density at radius 2 is 1.95 bits per heavy atom. The smallest absolute Gasteiger partial charge is 0.410 e. The molecule has 1 amide bonds. The van der Waals surface area contributed by atoms with Gasteiger partial charge in [0.1, 0.15) is 23.8 Å². The Labute approximate surface area is 263 Å². The highest BCUT2D eigenvalue weighted by Gasteiger charge is 2.35. The summed E-state index contributed by atoms with van der Waals surface area (Å²) in [6, 6.07) is 9.86. The van der Waals surface area contributed by atoms with Gasteiger partial charge in [-0.3, -0.25) is 0 Å². The number of halogens is 2. The molecule has 2 saturated heterocycles. The van der Waals surface area contributed by atoms with E-state index < -0.39 is 11.4 Å². The first-order valence-corrected chi connectivity index (χ1v) is 15.9. The van der Waals surface area contributed by atoms with Gasteiger partial charge in [0, 0.05) is 55.4 Å². The zero-order valence-electron chi connectivity index (χ0n) is 26.3. The van der Waals surface area contributed by atoms with Gasteiger partial charge in [-0.1, -0.05) is 29.8 Å². The number of ether oxygens (including phenoxy) is 2. The van der Waals surface area contributed by atoms with E-state index in [1.54, 1.807) is 11.0 Å². The van der Waals surface area contributed by atoms with E-state index in [4.69, 9.17) is 31.0 Å². The number of carbonyl (C=O) groups excluding carboxylic acids is 1. The van der Waals surface area contributed by atoms with Crippen molar-refractivity contribution in [3.05, 3.63) is 52.4 Å². The minimum absolute atomic E-state index is 0.0770. The SMILES string of the molecule is CN1CCC[C@H]1COc1nc2c(c(N(C)[C@@H]3CCN(C(=O)OC(C)(C)C)C3)n1)CCN(c1cccc3ccc(F)c(Cl)c13)C2. The number of likely N-dealkylation sites (N-methyl/N-ethyl adjacent to an activating group) is 2. The van der Waals surface area contributed by atoms with Gasteiger partial charge in [-0.05, 0) is 77.6 Å². The maximum atomic E-state index is 14.5. The lowest BCUT2D eigenvalue weighted by Gasteiger charge is -2.35. The molecular weight excluding hydrogens is 583 g/mol. The molecule has 9 nitrogen and oxygen atoms in total. The van der Waals surface area contributed by atoms with Gasteiger partial charge in [0.25, 0.3) is 0 Å². The predicted octanol–water partition coefficient (Wildman–Crippen LogP) is 5.90. The molecule has 4 heterocycles. The second kappa shape index (κ2) is 12.2. The summed E-state index contributed by atoms with van der Waals surface area (Å²) < 4.78 is 26.5. The first kappa shape index (κ1) is 30.6. The van der Waals surface area contributed by atoms with E-state index in [2.05, 4.69) is 21.7 Å². The Balaban J connectivity index is 1.30. The number of likely N-dealkylation sites (tertiary alicyclic amines) is 2. The zero-order chi connectivity index (χ0) is 31.2. The molecule has 2 aromatic carbocycles. The summed E-state index contributed by atoms with van der Waals surface area (Å²) in [5.74, 6) is 0.405. The molecule has 0 radical (unpaired) electrons. The van der Waals surface area contributed by atoms with Crippen LogP contribution in [0.5, 0.6) is 6.01 Å². The molecule has 0 spiro atoms. The molecular formula is C33H42ClFN6O3.